The summed E-state index contributed by atoms with van der Waals surface area (Å²) in [6, 6.07) is 8.85. The third kappa shape index (κ3) is 2.80. The maximum absolute atomic E-state index is 12.4. The molecule has 2 amide bonds. The van der Waals surface area contributed by atoms with Gasteiger partial charge in [-0.15, -0.1) is 0 Å². The van der Waals surface area contributed by atoms with Crippen LogP contribution in [0.3, 0.4) is 0 Å². The minimum absolute atomic E-state index is 0.0892. The molecule has 118 valence electrons. The van der Waals surface area contributed by atoms with Gasteiger partial charge in [-0.1, -0.05) is 35.3 Å². The smallest absolute Gasteiger partial charge is 0.263 e. The van der Waals surface area contributed by atoms with E-state index in [0.717, 1.165) is 21.7 Å². The van der Waals surface area contributed by atoms with Gasteiger partial charge in [0.15, 0.2) is 0 Å². The van der Waals surface area contributed by atoms with E-state index in [4.69, 9.17) is 23.2 Å². The number of nitrogens with one attached hydrogen (secondary N) is 1. The number of imide groups is 1. The van der Waals surface area contributed by atoms with E-state index in [9.17, 15) is 9.59 Å². The molecule has 1 N–H and O–H groups in total. The number of amides is 2. The first-order chi connectivity index (χ1) is 10.9. The van der Waals surface area contributed by atoms with Gasteiger partial charge in [0.1, 0.15) is 0 Å². The van der Waals surface area contributed by atoms with Crippen LogP contribution in [0.15, 0.2) is 30.3 Å². The Morgan fingerprint density at radius 2 is 1.52 bits per heavy atom. The van der Waals surface area contributed by atoms with Gasteiger partial charge in [0.2, 0.25) is 0 Å². The maximum Gasteiger partial charge on any atom is 0.263 e. The van der Waals surface area contributed by atoms with E-state index in [-0.39, 0.29) is 39.7 Å². The van der Waals surface area contributed by atoms with Crippen LogP contribution in [0.25, 0.3) is 0 Å². The van der Waals surface area contributed by atoms with Crippen LogP contribution in [-0.2, 0) is 0 Å². The fourth-order valence-electron chi connectivity index (χ4n) is 2.52. The number of fused-ring (bicyclic) bond motifs is 1. The third-order valence-corrected chi connectivity index (χ3v) is 4.55. The summed E-state index contributed by atoms with van der Waals surface area (Å²) in [5.74, 6) is -0.747. The van der Waals surface area contributed by atoms with Crippen molar-refractivity contribution in [3.8, 4) is 0 Å². The summed E-state index contributed by atoms with van der Waals surface area (Å²) in [5, 5.41) is 3.66. The lowest BCUT2D eigenvalue weighted by atomic mass is 10.1. The molecule has 0 unspecified atom stereocenters. The molecule has 2 aromatic carbocycles. The Labute approximate surface area is 144 Å². The summed E-state index contributed by atoms with van der Waals surface area (Å²) >= 11 is 11.9. The van der Waals surface area contributed by atoms with Gasteiger partial charge in [0, 0.05) is 5.69 Å². The van der Waals surface area contributed by atoms with Crippen molar-refractivity contribution in [2.75, 3.05) is 12.0 Å². The molecule has 0 saturated carbocycles. The van der Waals surface area contributed by atoms with Crippen molar-refractivity contribution in [1.29, 1.82) is 0 Å². The van der Waals surface area contributed by atoms with E-state index < -0.39 is 0 Å². The Kier molecular flexibility index (Phi) is 4.04. The Morgan fingerprint density at radius 1 is 0.957 bits per heavy atom. The lowest BCUT2D eigenvalue weighted by Crippen LogP contribution is -2.34. The van der Waals surface area contributed by atoms with Crippen molar-refractivity contribution >= 4 is 40.7 Å². The first-order valence-corrected chi connectivity index (χ1v) is 7.80. The number of carbonyl (C=O) groups excluding carboxylic acids is 2. The summed E-state index contributed by atoms with van der Waals surface area (Å²) in [6.07, 6.45) is 0. The number of nitrogens with zero attached hydrogens (tertiary/aromatic N) is 1. The van der Waals surface area contributed by atoms with E-state index in [1.54, 1.807) is 0 Å². The van der Waals surface area contributed by atoms with Crippen molar-refractivity contribution in [2.45, 2.75) is 13.8 Å². The molecule has 0 fully saturated rings. The zero-order valence-electron chi connectivity index (χ0n) is 12.6. The first kappa shape index (κ1) is 15.8. The highest BCUT2D eigenvalue weighted by molar-refractivity contribution is 6.43. The monoisotopic (exact) mass is 348 g/mol. The lowest BCUT2D eigenvalue weighted by Gasteiger charge is -2.17. The van der Waals surface area contributed by atoms with Gasteiger partial charge in [-0.05, 0) is 43.2 Å². The molecule has 0 aliphatic carbocycles. The van der Waals surface area contributed by atoms with Crippen LogP contribution in [-0.4, -0.2) is 23.4 Å². The molecule has 1 aliphatic rings. The number of aryl methyl sites for hydroxylation is 2. The number of anilines is 1. The van der Waals surface area contributed by atoms with Crippen molar-refractivity contribution in [3.63, 3.8) is 0 Å². The number of rotatable bonds is 3. The molecule has 0 saturated heterocycles. The van der Waals surface area contributed by atoms with Crippen LogP contribution in [0.2, 0.25) is 10.0 Å². The summed E-state index contributed by atoms with van der Waals surface area (Å²) in [4.78, 5) is 26.0. The molecule has 0 aromatic heterocycles. The minimum atomic E-state index is -0.374. The summed E-state index contributed by atoms with van der Waals surface area (Å²) in [6.45, 7) is 4.03. The standard InChI is InChI=1S/C17H14Cl2N2O2/c1-9-3-4-10(2)15(5-9)20-8-21-16(22)11-6-13(18)14(19)7-12(11)17(21)23/h3-7,20H,8H2,1-2H3. The van der Waals surface area contributed by atoms with Gasteiger partial charge in [-0.25, -0.2) is 0 Å². The van der Waals surface area contributed by atoms with Crippen molar-refractivity contribution in [3.05, 3.63) is 62.6 Å². The van der Waals surface area contributed by atoms with Gasteiger partial charge >= 0.3 is 0 Å². The second-order valence-electron chi connectivity index (χ2n) is 5.50. The number of hydrogen-bond donors (Lipinski definition) is 1. The van der Waals surface area contributed by atoms with Crippen molar-refractivity contribution in [1.82, 2.24) is 4.90 Å². The SMILES string of the molecule is Cc1ccc(C)c(NCN2C(=O)c3cc(Cl)c(Cl)cc3C2=O)c1. The van der Waals surface area contributed by atoms with Gasteiger partial charge < -0.3 is 5.32 Å². The molecule has 2 aromatic rings. The molecule has 1 heterocycles. The van der Waals surface area contributed by atoms with Crippen LogP contribution in [0.1, 0.15) is 31.8 Å². The molecule has 23 heavy (non-hydrogen) atoms. The van der Waals surface area contributed by atoms with Gasteiger partial charge in [-0.2, -0.15) is 0 Å². The Bertz CT molecular complexity index is 793. The fraction of sp³-hybridized carbons (Fsp3) is 0.176. The number of hydrogen-bond acceptors (Lipinski definition) is 3. The largest absolute Gasteiger partial charge is 0.367 e. The maximum atomic E-state index is 12.4. The molecule has 4 nitrogen and oxygen atoms in total. The molecular weight excluding hydrogens is 335 g/mol. The van der Waals surface area contributed by atoms with Crippen LogP contribution in [0.5, 0.6) is 0 Å². The van der Waals surface area contributed by atoms with Crippen LogP contribution in [0.4, 0.5) is 5.69 Å². The molecule has 0 bridgehead atoms. The van der Waals surface area contributed by atoms with Gasteiger partial charge in [0.05, 0.1) is 27.8 Å². The number of benzene rings is 2. The minimum Gasteiger partial charge on any atom is -0.367 e. The molecule has 3 rings (SSSR count). The third-order valence-electron chi connectivity index (χ3n) is 3.83. The number of carbonyl (C=O) groups is 2. The first-order valence-electron chi connectivity index (χ1n) is 7.05. The second kappa shape index (κ2) is 5.87. The molecule has 0 radical (unpaired) electrons. The van der Waals surface area contributed by atoms with Crippen molar-refractivity contribution < 1.29 is 9.59 Å². The highest BCUT2D eigenvalue weighted by Crippen LogP contribution is 2.31. The summed E-state index contributed by atoms with van der Waals surface area (Å²) < 4.78 is 0. The van der Waals surface area contributed by atoms with Gasteiger partial charge in [0.25, 0.3) is 11.8 Å². The Hall–Kier alpha value is -2.04. The molecule has 1 aliphatic heterocycles. The van der Waals surface area contributed by atoms with E-state index in [1.807, 2.05) is 32.0 Å². The van der Waals surface area contributed by atoms with Crippen LogP contribution < -0.4 is 5.32 Å². The molecular formula is C17H14Cl2N2O2. The van der Waals surface area contributed by atoms with Crippen LogP contribution in [0, 0.1) is 13.8 Å². The topological polar surface area (TPSA) is 49.4 Å². The lowest BCUT2D eigenvalue weighted by molar-refractivity contribution is 0.0666. The quantitative estimate of drug-likeness (QED) is 0.842. The molecule has 6 heteroatoms. The highest BCUT2D eigenvalue weighted by Gasteiger charge is 2.36. The predicted molar refractivity (Wildman–Crippen MR) is 91.4 cm³/mol. The van der Waals surface area contributed by atoms with E-state index in [0.29, 0.717) is 0 Å². The highest BCUT2D eigenvalue weighted by atomic mass is 35.5. The summed E-state index contributed by atoms with van der Waals surface area (Å²) in [7, 11) is 0. The average Bonchev–Trinajstić information content (AvgIpc) is 2.73. The Morgan fingerprint density at radius 3 is 2.09 bits per heavy atom. The molecule has 0 atom stereocenters. The van der Waals surface area contributed by atoms with Crippen LogP contribution >= 0.6 is 23.2 Å². The Balaban J connectivity index is 1.84. The molecule has 0 spiro atoms. The fourth-order valence-corrected chi connectivity index (χ4v) is 2.85. The normalized spacial score (nSPS) is 13.5. The van der Waals surface area contributed by atoms with E-state index in [1.165, 1.54) is 12.1 Å². The predicted octanol–water partition coefficient (Wildman–Crippen LogP) is 4.28. The summed E-state index contributed by atoms with van der Waals surface area (Å²) in [5.41, 5.74) is 3.59. The average molecular weight is 349 g/mol. The second-order valence-corrected chi connectivity index (χ2v) is 6.32. The van der Waals surface area contributed by atoms with Gasteiger partial charge in [-0.3, -0.25) is 14.5 Å². The van der Waals surface area contributed by atoms with Crippen molar-refractivity contribution in [2.24, 2.45) is 0 Å². The number of halogens is 2. The van der Waals surface area contributed by atoms with E-state index >= 15 is 0 Å². The zero-order chi connectivity index (χ0) is 16.7. The van der Waals surface area contributed by atoms with E-state index in [2.05, 4.69) is 5.32 Å². The zero-order valence-corrected chi connectivity index (χ0v) is 14.1.